The minimum Gasteiger partial charge on any atom is -0.447 e. The second-order valence-corrected chi connectivity index (χ2v) is 20.4. The number of fused-ring (bicyclic) bond motifs is 2. The molecule has 4 heterocycles. The van der Waals surface area contributed by atoms with Crippen LogP contribution in [0.15, 0.2) is 22.2 Å². The number of H-pyrrole nitrogens is 1. The predicted octanol–water partition coefficient (Wildman–Crippen LogP) is 1.30. The van der Waals surface area contributed by atoms with Crippen LogP contribution in [0, 0.1) is 5.92 Å². The maximum atomic E-state index is 13.8. The van der Waals surface area contributed by atoms with Gasteiger partial charge in [0.2, 0.25) is 29.6 Å². The summed E-state index contributed by atoms with van der Waals surface area (Å²) >= 11 is 0. The van der Waals surface area contributed by atoms with Crippen molar-refractivity contribution in [2.24, 2.45) is 5.92 Å². The molecule has 0 aromatic carbocycles. The maximum absolute atomic E-state index is 13.8. The number of hydrazine groups is 1. The van der Waals surface area contributed by atoms with Crippen LogP contribution < -0.4 is 49.1 Å². The van der Waals surface area contributed by atoms with E-state index in [-0.39, 0.29) is 75.6 Å². The molecule has 0 radical (unpaired) electrons. The maximum Gasteiger partial charge on any atom is 0.426 e. The molecule has 2 fully saturated rings. The van der Waals surface area contributed by atoms with Crippen LogP contribution in [0.3, 0.4) is 0 Å². The van der Waals surface area contributed by atoms with Gasteiger partial charge in [0, 0.05) is 46.1 Å². The van der Waals surface area contributed by atoms with Crippen LogP contribution in [0.2, 0.25) is 0 Å². The highest BCUT2D eigenvalue weighted by Gasteiger charge is 2.57. The third kappa shape index (κ3) is 17.5. The number of nitrogen functional groups attached to an aromatic ring is 1. The summed E-state index contributed by atoms with van der Waals surface area (Å²) < 4.78 is 36.8. The van der Waals surface area contributed by atoms with E-state index in [4.69, 9.17) is 34.2 Å². The van der Waals surface area contributed by atoms with Crippen molar-refractivity contribution >= 4 is 59.0 Å². The van der Waals surface area contributed by atoms with E-state index in [1.807, 2.05) is 0 Å². The Morgan fingerprint density at radius 2 is 1.52 bits per heavy atom. The van der Waals surface area contributed by atoms with Crippen LogP contribution >= 0.6 is 0 Å². The van der Waals surface area contributed by atoms with Crippen LogP contribution in [-0.2, 0) is 54.1 Å². The lowest BCUT2D eigenvalue weighted by Gasteiger charge is -2.26. The number of anilines is 1. The van der Waals surface area contributed by atoms with E-state index in [0.717, 1.165) is 4.57 Å². The van der Waals surface area contributed by atoms with Gasteiger partial charge in [-0.25, -0.2) is 29.2 Å². The summed E-state index contributed by atoms with van der Waals surface area (Å²) in [6.07, 6.45) is -3.93. The molecular weight excluding hydrogens is 961 g/mol. The highest BCUT2D eigenvalue weighted by atomic mass is 16.8. The van der Waals surface area contributed by atoms with Crippen molar-refractivity contribution in [2.45, 2.75) is 168 Å². The zero-order valence-corrected chi connectivity index (χ0v) is 43.6. The minimum atomic E-state index is -1.18. The molecule has 6 atom stereocenters. The van der Waals surface area contributed by atoms with E-state index < -0.39 is 113 Å². The Morgan fingerprint density at radius 1 is 0.877 bits per heavy atom. The number of nitrogens with two attached hydrogens (primary N) is 1. The van der Waals surface area contributed by atoms with Crippen molar-refractivity contribution in [3.05, 3.63) is 33.5 Å². The van der Waals surface area contributed by atoms with Crippen molar-refractivity contribution in [3.8, 4) is 0 Å². The highest BCUT2D eigenvalue weighted by Crippen LogP contribution is 2.43. The van der Waals surface area contributed by atoms with Gasteiger partial charge in [0.15, 0.2) is 23.2 Å². The summed E-state index contributed by atoms with van der Waals surface area (Å²) in [5.74, 6) is -4.11. The minimum absolute atomic E-state index is 0.0245. The Kier molecular flexibility index (Phi) is 20.4. The number of nitrogens with one attached hydrogen (secondary N) is 7. The lowest BCUT2D eigenvalue weighted by atomic mass is 10.0. The zero-order chi connectivity index (χ0) is 54.6. The Hall–Kier alpha value is -6.74. The van der Waals surface area contributed by atoms with Crippen molar-refractivity contribution in [1.82, 2.24) is 56.1 Å². The van der Waals surface area contributed by atoms with Crippen LogP contribution in [0.1, 0.15) is 114 Å². The quantitative estimate of drug-likeness (QED) is 0.0357. The number of likely N-dealkylation sites (N-methyl/N-ethyl adjacent to an activating group) is 1. The number of aromatic amines is 1. The fraction of sp³-hybridized carbons (Fsp3) is 0.696. The molecule has 73 heavy (non-hydrogen) atoms. The van der Waals surface area contributed by atoms with Gasteiger partial charge in [-0.3, -0.25) is 38.9 Å². The number of unbranched alkanes of at least 4 members (excludes halogenated alkanes) is 1. The van der Waals surface area contributed by atoms with Gasteiger partial charge in [-0.2, -0.15) is 4.98 Å². The third-order valence-electron chi connectivity index (χ3n) is 10.9. The number of rotatable bonds is 22. The molecule has 0 saturated carbocycles. The van der Waals surface area contributed by atoms with E-state index >= 15 is 0 Å². The second-order valence-electron chi connectivity index (χ2n) is 20.4. The summed E-state index contributed by atoms with van der Waals surface area (Å²) in [6, 6.07) is -2.17. The van der Waals surface area contributed by atoms with Gasteiger partial charge in [-0.05, 0) is 87.0 Å². The SMILES string of the molecule is C=CCn1c(=O)n(C2OC(COC(=O)N(C)CCNC(=O)C(CCCCNC(=O)OC(C)(C)C)NC(=O)C(NC(=O)CCCC(=O)NNC(=O)OC(C)(C)C)C(C)C)C3OC(C)(C)OC32)c2nc(N)[nH]c(=O)c21. The van der Waals surface area contributed by atoms with Crippen molar-refractivity contribution < 1.29 is 62.0 Å². The molecule has 2 aliphatic heterocycles. The van der Waals surface area contributed by atoms with E-state index in [0.29, 0.717) is 12.8 Å². The molecule has 0 aliphatic carbocycles. The number of nitrogens with zero attached hydrogens (tertiary/aromatic N) is 4. The molecule has 2 saturated heterocycles. The van der Waals surface area contributed by atoms with Crippen molar-refractivity contribution in [1.29, 1.82) is 0 Å². The van der Waals surface area contributed by atoms with Crippen LogP contribution in [0.25, 0.3) is 11.2 Å². The average molecular weight is 1040 g/mol. The number of aromatic nitrogens is 4. The first-order valence-corrected chi connectivity index (χ1v) is 24.1. The molecule has 27 heteroatoms. The number of amides is 7. The van der Waals surface area contributed by atoms with E-state index in [9.17, 15) is 43.2 Å². The molecule has 6 unspecified atom stereocenters. The second kappa shape index (κ2) is 25.3. The number of imidazole rings is 1. The van der Waals surface area contributed by atoms with Gasteiger partial charge in [0.1, 0.15) is 48.2 Å². The topological polar surface area (TPSA) is 349 Å². The average Bonchev–Trinajstić information content (AvgIpc) is 3.86. The van der Waals surface area contributed by atoms with Gasteiger partial charge in [-0.1, -0.05) is 19.9 Å². The molecule has 27 nitrogen and oxygen atoms in total. The number of alkyl carbamates (subject to hydrolysis) is 1. The third-order valence-corrected chi connectivity index (χ3v) is 10.9. The normalized spacial score (nSPS) is 19.0. The number of hydrogen-bond acceptors (Lipinski definition) is 17. The molecule has 408 valence electrons. The fourth-order valence-electron chi connectivity index (χ4n) is 7.74. The predicted molar refractivity (Wildman–Crippen MR) is 262 cm³/mol. The molecule has 9 N–H and O–H groups in total. The molecule has 4 rings (SSSR count). The lowest BCUT2D eigenvalue weighted by molar-refractivity contribution is -0.200. The number of carbonyl (C=O) groups is 7. The smallest absolute Gasteiger partial charge is 0.426 e. The largest absolute Gasteiger partial charge is 0.447 e. The number of allylic oxidation sites excluding steroid dienone is 1. The van der Waals surface area contributed by atoms with E-state index in [1.165, 1.54) is 22.6 Å². The molecule has 2 aromatic heterocycles. The van der Waals surface area contributed by atoms with Gasteiger partial charge >= 0.3 is 24.0 Å². The standard InChI is InChI=1S/C46H74N12O15/c1-13-22-57-31-34(52-39(47)53-37(31)63)58(42(57)66)38-33-32(70-46(10,11)71-33)27(69-38)24-68-43(67)56(12)23-21-48-35(61)26(17-14-15-20-49-40(64)72-44(4,5)6)50-36(62)30(25(2)3)51-28(59)18-16-19-29(60)54-55-41(65)73-45(7,8)9/h13,25-27,30,32-33,38H,1,14-24H2,2-12H3,(H,48,61)(H,49,64)(H,50,62)(H,51,59)(H,54,60)(H,55,65)(H3,47,52,53,63). The Bertz CT molecular complexity index is 2440. The van der Waals surface area contributed by atoms with Gasteiger partial charge in [0.25, 0.3) is 5.56 Å². The van der Waals surface area contributed by atoms with Gasteiger partial charge in [-0.15, -0.1) is 6.58 Å². The Balaban J connectivity index is 1.35. The summed E-state index contributed by atoms with van der Waals surface area (Å²) in [5.41, 5.74) is 7.32. The summed E-state index contributed by atoms with van der Waals surface area (Å²) in [6.45, 7) is 20.4. The summed E-state index contributed by atoms with van der Waals surface area (Å²) in [5, 5.41) is 10.8. The van der Waals surface area contributed by atoms with Crippen molar-refractivity contribution in [3.63, 3.8) is 0 Å². The zero-order valence-electron chi connectivity index (χ0n) is 43.6. The Morgan fingerprint density at radius 3 is 2.16 bits per heavy atom. The molecule has 0 bridgehead atoms. The van der Waals surface area contributed by atoms with Crippen LogP contribution in [0.5, 0.6) is 0 Å². The molecule has 2 aromatic rings. The van der Waals surface area contributed by atoms with Gasteiger partial charge < -0.3 is 60.3 Å². The first-order valence-electron chi connectivity index (χ1n) is 24.1. The number of carbonyl (C=O) groups excluding carboxylic acids is 7. The summed E-state index contributed by atoms with van der Waals surface area (Å²) in [7, 11) is 1.44. The number of hydrogen-bond donors (Lipinski definition) is 8. The van der Waals surface area contributed by atoms with E-state index in [2.05, 4.69) is 48.7 Å². The monoisotopic (exact) mass is 1030 g/mol. The molecule has 7 amide bonds. The molecular formula is C46H74N12O15. The Labute approximate surface area is 422 Å². The fourth-order valence-corrected chi connectivity index (χ4v) is 7.74. The lowest BCUT2D eigenvalue weighted by Crippen LogP contribution is -2.55. The number of ether oxygens (including phenoxy) is 6. The first-order chi connectivity index (χ1) is 34.0. The van der Waals surface area contributed by atoms with Crippen LogP contribution in [0.4, 0.5) is 20.3 Å². The first kappa shape index (κ1) is 58.8. The van der Waals surface area contributed by atoms with Gasteiger partial charge in [0.05, 0.1) is 0 Å². The molecule has 0 spiro atoms. The van der Waals surface area contributed by atoms with Crippen LogP contribution in [-0.4, -0.2) is 147 Å². The summed E-state index contributed by atoms with van der Waals surface area (Å²) in [4.78, 5) is 125. The highest BCUT2D eigenvalue weighted by molar-refractivity contribution is 5.92. The van der Waals surface area contributed by atoms with Crippen molar-refractivity contribution in [2.75, 3.05) is 39.0 Å². The van der Waals surface area contributed by atoms with E-state index in [1.54, 1.807) is 69.2 Å². The molecule has 2 aliphatic rings.